The predicted octanol–water partition coefficient (Wildman–Crippen LogP) is 1.68. The fourth-order valence-corrected chi connectivity index (χ4v) is 1.99. The summed E-state index contributed by atoms with van der Waals surface area (Å²) in [5.74, 6) is 0.108. The van der Waals surface area contributed by atoms with Crippen LogP contribution < -0.4 is 0 Å². The molecule has 1 aliphatic heterocycles. The van der Waals surface area contributed by atoms with E-state index >= 15 is 0 Å². The fourth-order valence-electron chi connectivity index (χ4n) is 1.99. The third-order valence-corrected chi connectivity index (χ3v) is 2.93. The molecule has 0 aliphatic carbocycles. The molecule has 6 heteroatoms. The summed E-state index contributed by atoms with van der Waals surface area (Å²) in [6.45, 7) is 3.32. The number of nitrogens with zero attached hydrogens (tertiary/aromatic N) is 2. The largest absolute Gasteiger partial charge is 0.460 e. The van der Waals surface area contributed by atoms with Crippen molar-refractivity contribution in [3.63, 3.8) is 0 Å². The maximum Gasteiger partial charge on any atom is 0.375 e. The summed E-state index contributed by atoms with van der Waals surface area (Å²) in [6, 6.07) is 5.91. The molecule has 0 unspecified atom stereocenters. The number of ether oxygens (including phenoxy) is 2. The number of aromatic nitrogens is 3. The quantitative estimate of drug-likeness (QED) is 0.848. The van der Waals surface area contributed by atoms with Crippen LogP contribution in [0.1, 0.15) is 28.7 Å². The van der Waals surface area contributed by atoms with Crippen LogP contribution in [0.5, 0.6) is 0 Å². The maximum absolute atomic E-state index is 11.5. The highest BCUT2D eigenvalue weighted by molar-refractivity contribution is 5.85. The maximum atomic E-state index is 11.5. The van der Waals surface area contributed by atoms with Gasteiger partial charge < -0.3 is 9.47 Å². The van der Waals surface area contributed by atoms with Gasteiger partial charge in [-0.25, -0.2) is 9.78 Å². The first-order valence-corrected chi connectivity index (χ1v) is 6.07. The molecule has 1 aliphatic rings. The second-order valence-electron chi connectivity index (χ2n) is 4.20. The Bertz CT molecular complexity index is 621. The summed E-state index contributed by atoms with van der Waals surface area (Å²) < 4.78 is 10.2. The van der Waals surface area contributed by atoms with Crippen molar-refractivity contribution in [3.8, 4) is 11.4 Å². The molecular weight excluding hydrogens is 246 g/mol. The summed E-state index contributed by atoms with van der Waals surface area (Å²) in [4.78, 5) is 15.6. The number of fused-ring (bicyclic) bond motifs is 1. The van der Waals surface area contributed by atoms with E-state index in [1.807, 2.05) is 18.2 Å². The molecular formula is C13H13N3O3. The first-order chi connectivity index (χ1) is 9.28. The van der Waals surface area contributed by atoms with Gasteiger partial charge in [0.15, 0.2) is 5.82 Å². The van der Waals surface area contributed by atoms with Crippen molar-refractivity contribution in [1.29, 1.82) is 0 Å². The summed E-state index contributed by atoms with van der Waals surface area (Å²) >= 11 is 0. The zero-order chi connectivity index (χ0) is 13.2. The molecule has 0 atom stereocenters. The minimum atomic E-state index is -0.495. The molecule has 1 N–H and O–H groups in total. The van der Waals surface area contributed by atoms with Crippen molar-refractivity contribution in [1.82, 2.24) is 15.2 Å². The number of carbonyl (C=O) groups excluding carboxylic acids is 1. The van der Waals surface area contributed by atoms with E-state index in [1.54, 1.807) is 6.92 Å². The molecule has 1 aromatic heterocycles. The van der Waals surface area contributed by atoms with E-state index in [4.69, 9.17) is 9.47 Å². The summed E-state index contributed by atoms with van der Waals surface area (Å²) in [5, 5.41) is 6.63. The molecule has 3 rings (SSSR count). The molecule has 0 amide bonds. The highest BCUT2D eigenvalue weighted by atomic mass is 16.5. The molecule has 0 radical (unpaired) electrons. The second kappa shape index (κ2) is 4.81. The molecule has 0 saturated heterocycles. The van der Waals surface area contributed by atoms with Gasteiger partial charge in [-0.15, -0.1) is 0 Å². The highest BCUT2D eigenvalue weighted by Gasteiger charge is 2.16. The van der Waals surface area contributed by atoms with Crippen molar-refractivity contribution < 1.29 is 14.3 Å². The lowest BCUT2D eigenvalue weighted by atomic mass is 10.1. The molecule has 0 bridgehead atoms. The predicted molar refractivity (Wildman–Crippen MR) is 66.3 cm³/mol. The van der Waals surface area contributed by atoms with Gasteiger partial charge in [0.2, 0.25) is 5.82 Å². The number of esters is 1. The van der Waals surface area contributed by atoms with Gasteiger partial charge in [0.25, 0.3) is 0 Å². The van der Waals surface area contributed by atoms with Crippen LogP contribution >= 0.6 is 0 Å². The van der Waals surface area contributed by atoms with Crippen LogP contribution in [-0.4, -0.2) is 27.8 Å². The zero-order valence-corrected chi connectivity index (χ0v) is 10.5. The average molecular weight is 259 g/mol. The summed E-state index contributed by atoms with van der Waals surface area (Å²) in [6.07, 6.45) is 0. The van der Waals surface area contributed by atoms with E-state index in [2.05, 4.69) is 15.2 Å². The summed E-state index contributed by atoms with van der Waals surface area (Å²) in [5.41, 5.74) is 3.18. The number of aromatic amines is 1. The van der Waals surface area contributed by atoms with Crippen LogP contribution in [0.4, 0.5) is 0 Å². The van der Waals surface area contributed by atoms with Gasteiger partial charge in [-0.05, 0) is 24.1 Å². The van der Waals surface area contributed by atoms with Crippen molar-refractivity contribution in [2.24, 2.45) is 0 Å². The van der Waals surface area contributed by atoms with Crippen LogP contribution in [0.15, 0.2) is 18.2 Å². The number of rotatable bonds is 3. The Labute approximate surface area is 109 Å². The van der Waals surface area contributed by atoms with Crippen LogP contribution in [0.3, 0.4) is 0 Å². The Hall–Kier alpha value is -2.21. The van der Waals surface area contributed by atoms with Crippen molar-refractivity contribution >= 4 is 5.97 Å². The van der Waals surface area contributed by atoms with Gasteiger partial charge in [-0.2, -0.15) is 5.10 Å². The van der Waals surface area contributed by atoms with E-state index < -0.39 is 5.97 Å². The van der Waals surface area contributed by atoms with Gasteiger partial charge in [-0.1, -0.05) is 12.1 Å². The van der Waals surface area contributed by atoms with Crippen LogP contribution in [0.2, 0.25) is 0 Å². The number of benzene rings is 1. The molecule has 6 nitrogen and oxygen atoms in total. The Kier molecular flexibility index (Phi) is 3.00. The second-order valence-corrected chi connectivity index (χ2v) is 4.20. The lowest BCUT2D eigenvalue weighted by molar-refractivity contribution is 0.0512. The Morgan fingerprint density at radius 1 is 1.42 bits per heavy atom. The number of hydrogen-bond acceptors (Lipinski definition) is 5. The van der Waals surface area contributed by atoms with Gasteiger partial charge >= 0.3 is 5.97 Å². The third kappa shape index (κ3) is 2.22. The van der Waals surface area contributed by atoms with Gasteiger partial charge in [0, 0.05) is 5.56 Å². The van der Waals surface area contributed by atoms with Gasteiger partial charge in [-0.3, -0.25) is 5.10 Å². The Morgan fingerprint density at radius 3 is 3.11 bits per heavy atom. The molecule has 0 saturated carbocycles. The number of nitrogens with one attached hydrogen (secondary N) is 1. The highest BCUT2D eigenvalue weighted by Crippen LogP contribution is 2.25. The SMILES string of the molecule is CCOC(=O)c1nc(-c2ccc3c(c2)COC3)n[nH]1. The lowest BCUT2D eigenvalue weighted by Gasteiger charge is -1.99. The van der Waals surface area contributed by atoms with Crippen LogP contribution in [-0.2, 0) is 22.7 Å². The molecule has 2 heterocycles. The molecule has 0 fully saturated rings. The fraction of sp³-hybridized carbons (Fsp3) is 0.308. The average Bonchev–Trinajstić information content (AvgIpc) is 3.07. The van der Waals surface area contributed by atoms with Crippen LogP contribution in [0.25, 0.3) is 11.4 Å². The monoisotopic (exact) mass is 259 g/mol. The van der Waals surface area contributed by atoms with E-state index in [-0.39, 0.29) is 5.82 Å². The summed E-state index contributed by atoms with van der Waals surface area (Å²) in [7, 11) is 0. The van der Waals surface area contributed by atoms with Gasteiger partial charge in [0.1, 0.15) is 0 Å². The normalized spacial score (nSPS) is 13.3. The van der Waals surface area contributed by atoms with Crippen molar-refractivity contribution in [2.75, 3.05) is 6.61 Å². The third-order valence-electron chi connectivity index (χ3n) is 2.93. The van der Waals surface area contributed by atoms with Crippen molar-refractivity contribution in [2.45, 2.75) is 20.1 Å². The Balaban J connectivity index is 1.88. The van der Waals surface area contributed by atoms with Gasteiger partial charge in [0.05, 0.1) is 19.8 Å². The number of carbonyl (C=O) groups is 1. The minimum Gasteiger partial charge on any atom is -0.460 e. The first-order valence-electron chi connectivity index (χ1n) is 6.07. The topological polar surface area (TPSA) is 77.1 Å². The van der Waals surface area contributed by atoms with E-state index in [0.29, 0.717) is 25.6 Å². The van der Waals surface area contributed by atoms with E-state index in [1.165, 1.54) is 5.56 Å². The zero-order valence-electron chi connectivity index (χ0n) is 10.5. The molecule has 2 aromatic rings. The first kappa shape index (κ1) is 11.9. The number of H-pyrrole nitrogens is 1. The smallest absolute Gasteiger partial charge is 0.375 e. The lowest BCUT2D eigenvalue weighted by Crippen LogP contribution is -2.06. The standard InChI is InChI=1S/C13H13N3O3/c1-2-19-13(17)12-14-11(15-16-12)8-3-4-9-6-18-7-10(9)5-8/h3-5H,2,6-7H2,1H3,(H,14,15,16). The number of hydrogen-bond donors (Lipinski definition) is 1. The Morgan fingerprint density at radius 2 is 2.26 bits per heavy atom. The minimum absolute atomic E-state index is 0.119. The molecule has 98 valence electrons. The van der Waals surface area contributed by atoms with Crippen LogP contribution in [0, 0.1) is 0 Å². The van der Waals surface area contributed by atoms with E-state index in [9.17, 15) is 4.79 Å². The van der Waals surface area contributed by atoms with E-state index in [0.717, 1.165) is 11.1 Å². The van der Waals surface area contributed by atoms with Crippen molar-refractivity contribution in [3.05, 3.63) is 35.2 Å². The molecule has 0 spiro atoms. The molecule has 19 heavy (non-hydrogen) atoms. The molecule has 1 aromatic carbocycles.